The Morgan fingerprint density at radius 2 is 1.86 bits per heavy atom. The van der Waals surface area contributed by atoms with E-state index < -0.39 is 0 Å². The number of amides is 2. The van der Waals surface area contributed by atoms with Crippen LogP contribution >= 0.6 is 11.8 Å². The maximum Gasteiger partial charge on any atom is 0.291 e. The second-order valence-corrected chi connectivity index (χ2v) is 9.94. The minimum atomic E-state index is -0.299. The van der Waals surface area contributed by atoms with E-state index in [9.17, 15) is 9.59 Å². The molecule has 0 aliphatic carbocycles. The van der Waals surface area contributed by atoms with E-state index in [-0.39, 0.29) is 11.8 Å². The summed E-state index contributed by atoms with van der Waals surface area (Å²) in [6.07, 6.45) is 0.898. The van der Waals surface area contributed by atoms with Crippen LogP contribution in [0.5, 0.6) is 0 Å². The second-order valence-electron chi connectivity index (χ2n) is 8.96. The largest absolute Gasteiger partial charge is 0.487 e. The lowest BCUT2D eigenvalue weighted by Crippen LogP contribution is -2.47. The number of aryl methyl sites for hydroxylation is 2. The molecule has 2 aromatic rings. The molecular weight excluding hydrogens is 460 g/mol. The highest BCUT2D eigenvalue weighted by atomic mass is 32.2. The molecule has 8 heteroatoms. The van der Waals surface area contributed by atoms with Gasteiger partial charge in [0, 0.05) is 60.8 Å². The Bertz CT molecular complexity index is 1080. The van der Waals surface area contributed by atoms with Crippen molar-refractivity contribution in [3.8, 4) is 0 Å². The number of benzene rings is 2. The van der Waals surface area contributed by atoms with Gasteiger partial charge in [-0.15, -0.1) is 11.8 Å². The first-order valence-electron chi connectivity index (χ1n) is 12.2. The Hall–Kier alpha value is -2.97. The van der Waals surface area contributed by atoms with Crippen LogP contribution in [0.25, 0.3) is 0 Å². The van der Waals surface area contributed by atoms with Crippen LogP contribution in [0.3, 0.4) is 0 Å². The predicted molar refractivity (Wildman–Crippen MR) is 143 cm³/mol. The molecule has 0 bridgehead atoms. The Morgan fingerprint density at radius 3 is 2.63 bits per heavy atom. The highest BCUT2D eigenvalue weighted by molar-refractivity contribution is 8.02. The minimum Gasteiger partial charge on any atom is -0.487 e. The Kier molecular flexibility index (Phi) is 8.71. The van der Waals surface area contributed by atoms with Gasteiger partial charge in [-0.1, -0.05) is 18.2 Å². The molecule has 2 aromatic carbocycles. The van der Waals surface area contributed by atoms with Crippen LogP contribution in [0.15, 0.2) is 53.6 Å². The van der Waals surface area contributed by atoms with Crippen LogP contribution in [0.2, 0.25) is 0 Å². The van der Waals surface area contributed by atoms with Crippen molar-refractivity contribution in [3.63, 3.8) is 0 Å². The molecule has 7 nitrogen and oxygen atoms in total. The maximum atomic E-state index is 12.6. The SMILES string of the molecule is Cc1ccc(C)c(N2CCN(CCCNC(=O)c3cccc(NC(=O)C4=CSCCO4)c3)CC2)c1. The number of piperazine rings is 1. The van der Waals surface area contributed by atoms with Crippen LogP contribution in [0, 0.1) is 13.8 Å². The Labute approximate surface area is 211 Å². The van der Waals surface area contributed by atoms with Crippen LogP contribution in [-0.4, -0.2) is 68.3 Å². The van der Waals surface area contributed by atoms with Crippen LogP contribution in [0.4, 0.5) is 11.4 Å². The van der Waals surface area contributed by atoms with Crippen molar-refractivity contribution in [2.24, 2.45) is 0 Å². The first kappa shape index (κ1) is 25.1. The van der Waals surface area contributed by atoms with Gasteiger partial charge in [-0.2, -0.15) is 0 Å². The number of thioether (sulfide) groups is 1. The summed E-state index contributed by atoms with van der Waals surface area (Å²) in [5.41, 5.74) is 5.07. The van der Waals surface area contributed by atoms with E-state index in [0.717, 1.165) is 44.9 Å². The van der Waals surface area contributed by atoms with Crippen molar-refractivity contribution in [1.29, 1.82) is 0 Å². The summed E-state index contributed by atoms with van der Waals surface area (Å²) in [5, 5.41) is 7.53. The fourth-order valence-electron chi connectivity index (χ4n) is 4.30. The summed E-state index contributed by atoms with van der Waals surface area (Å²) in [7, 11) is 0. The van der Waals surface area contributed by atoms with Crippen molar-refractivity contribution in [1.82, 2.24) is 10.2 Å². The fourth-order valence-corrected chi connectivity index (χ4v) is 4.92. The normalized spacial score (nSPS) is 16.3. The molecule has 0 radical (unpaired) electrons. The standard InChI is InChI=1S/C27H34N4O3S/c1-20-7-8-21(2)24(17-20)31-13-11-30(12-14-31)10-4-9-28-26(32)22-5-3-6-23(18-22)29-27(33)25-19-35-16-15-34-25/h3,5-8,17-19H,4,9-16H2,1-2H3,(H,28,32)(H,29,33). The molecule has 2 N–H and O–H groups in total. The fraction of sp³-hybridized carbons (Fsp3) is 0.407. The highest BCUT2D eigenvalue weighted by Crippen LogP contribution is 2.23. The van der Waals surface area contributed by atoms with Crippen molar-refractivity contribution in [2.75, 3.05) is 61.8 Å². The summed E-state index contributed by atoms with van der Waals surface area (Å²) in [6, 6.07) is 13.6. The van der Waals surface area contributed by atoms with Crippen molar-refractivity contribution < 1.29 is 14.3 Å². The van der Waals surface area contributed by atoms with E-state index in [4.69, 9.17) is 4.74 Å². The molecule has 0 atom stereocenters. The number of rotatable bonds is 8. The third-order valence-corrected chi connectivity index (χ3v) is 7.05. The Balaban J connectivity index is 1.18. The molecule has 2 aliphatic heterocycles. The lowest BCUT2D eigenvalue weighted by atomic mass is 10.1. The zero-order valence-electron chi connectivity index (χ0n) is 20.5. The molecule has 0 aromatic heterocycles. The van der Waals surface area contributed by atoms with Gasteiger partial charge in [-0.3, -0.25) is 14.5 Å². The lowest BCUT2D eigenvalue weighted by molar-refractivity contribution is -0.116. The molecule has 2 amide bonds. The molecule has 2 aliphatic rings. The van der Waals surface area contributed by atoms with E-state index in [2.05, 4.69) is 52.5 Å². The first-order valence-corrected chi connectivity index (χ1v) is 13.2. The number of nitrogens with zero attached hydrogens (tertiary/aromatic N) is 2. The second kappa shape index (κ2) is 12.1. The van der Waals surface area contributed by atoms with Gasteiger partial charge in [0.25, 0.3) is 11.8 Å². The summed E-state index contributed by atoms with van der Waals surface area (Å²) in [4.78, 5) is 29.9. The third kappa shape index (κ3) is 7.02. The molecule has 4 rings (SSSR count). The number of carbonyl (C=O) groups excluding carboxylic acids is 2. The van der Waals surface area contributed by atoms with Gasteiger partial charge < -0.3 is 20.3 Å². The number of nitrogens with one attached hydrogen (secondary N) is 2. The molecule has 1 fully saturated rings. The molecule has 35 heavy (non-hydrogen) atoms. The average molecular weight is 495 g/mol. The summed E-state index contributed by atoms with van der Waals surface area (Å²) in [6.45, 7) is 10.5. The molecule has 1 saturated heterocycles. The Morgan fingerprint density at radius 1 is 1.03 bits per heavy atom. The van der Waals surface area contributed by atoms with Crippen LogP contribution in [-0.2, 0) is 9.53 Å². The first-order chi connectivity index (χ1) is 17.0. The van der Waals surface area contributed by atoms with Crippen molar-refractivity contribution in [2.45, 2.75) is 20.3 Å². The lowest BCUT2D eigenvalue weighted by Gasteiger charge is -2.37. The zero-order valence-corrected chi connectivity index (χ0v) is 21.3. The van der Waals surface area contributed by atoms with Gasteiger partial charge in [-0.25, -0.2) is 0 Å². The summed E-state index contributed by atoms with van der Waals surface area (Å²) in [5.74, 6) is 0.721. The molecule has 2 heterocycles. The molecule has 186 valence electrons. The molecule has 0 spiro atoms. The average Bonchev–Trinajstić information content (AvgIpc) is 2.89. The van der Waals surface area contributed by atoms with Gasteiger partial charge in [0.15, 0.2) is 5.76 Å². The van der Waals surface area contributed by atoms with Gasteiger partial charge in [0.1, 0.15) is 0 Å². The minimum absolute atomic E-state index is 0.135. The van der Waals surface area contributed by atoms with Gasteiger partial charge >= 0.3 is 0 Å². The van der Waals surface area contributed by atoms with Crippen LogP contribution < -0.4 is 15.5 Å². The van der Waals surface area contributed by atoms with Gasteiger partial charge in [-0.05, 0) is 62.2 Å². The monoisotopic (exact) mass is 494 g/mol. The van der Waals surface area contributed by atoms with E-state index in [1.807, 2.05) is 0 Å². The number of anilines is 2. The smallest absolute Gasteiger partial charge is 0.291 e. The van der Waals surface area contributed by atoms with Gasteiger partial charge in [0.05, 0.1) is 6.61 Å². The van der Waals surface area contributed by atoms with E-state index in [1.165, 1.54) is 16.8 Å². The van der Waals surface area contributed by atoms with E-state index >= 15 is 0 Å². The number of ether oxygens (including phenoxy) is 1. The van der Waals surface area contributed by atoms with Crippen molar-refractivity contribution >= 4 is 35.0 Å². The number of hydrogen-bond donors (Lipinski definition) is 2. The molecule has 0 unspecified atom stereocenters. The topological polar surface area (TPSA) is 73.9 Å². The zero-order chi connectivity index (χ0) is 24.6. The summed E-state index contributed by atoms with van der Waals surface area (Å²) >= 11 is 1.55. The van der Waals surface area contributed by atoms with E-state index in [1.54, 1.807) is 41.4 Å². The van der Waals surface area contributed by atoms with Crippen LogP contribution in [0.1, 0.15) is 27.9 Å². The van der Waals surface area contributed by atoms with E-state index in [0.29, 0.717) is 30.2 Å². The van der Waals surface area contributed by atoms with Crippen molar-refractivity contribution in [3.05, 3.63) is 70.3 Å². The number of hydrogen-bond acceptors (Lipinski definition) is 6. The molecular formula is C27H34N4O3S. The van der Waals surface area contributed by atoms with Gasteiger partial charge in [0.2, 0.25) is 0 Å². The quantitative estimate of drug-likeness (QED) is 0.544. The predicted octanol–water partition coefficient (Wildman–Crippen LogP) is 3.79. The number of carbonyl (C=O) groups is 2. The highest BCUT2D eigenvalue weighted by Gasteiger charge is 2.19. The molecule has 0 saturated carbocycles. The maximum absolute atomic E-state index is 12.6. The third-order valence-electron chi connectivity index (χ3n) is 6.27. The summed E-state index contributed by atoms with van der Waals surface area (Å²) < 4.78 is 5.39.